The highest BCUT2D eigenvalue weighted by atomic mass is 35.5. The van der Waals surface area contributed by atoms with Crippen LogP contribution in [0.3, 0.4) is 0 Å². The number of methoxy groups -OCH3 is 1. The molecule has 0 radical (unpaired) electrons. The smallest absolute Gasteiger partial charge is 0.270 e. The molecule has 0 aromatic heterocycles. The zero-order chi connectivity index (χ0) is 18.7. The van der Waals surface area contributed by atoms with Crippen molar-refractivity contribution in [3.05, 3.63) is 68.1 Å². The van der Waals surface area contributed by atoms with Crippen molar-refractivity contribution in [3.63, 3.8) is 0 Å². The van der Waals surface area contributed by atoms with Gasteiger partial charge in [0, 0.05) is 22.7 Å². The van der Waals surface area contributed by atoms with Crippen LogP contribution in [-0.4, -0.2) is 23.1 Å². The molecule has 0 bridgehead atoms. The van der Waals surface area contributed by atoms with E-state index >= 15 is 0 Å². The zero-order valence-electron chi connectivity index (χ0n) is 13.4. The lowest BCUT2D eigenvalue weighted by atomic mass is 10.2. The molecular formula is C17H12ClN3O4S. The van der Waals surface area contributed by atoms with E-state index in [-0.39, 0.29) is 11.6 Å². The van der Waals surface area contributed by atoms with Crippen LogP contribution in [0.15, 0.2) is 52.4 Å². The van der Waals surface area contributed by atoms with Gasteiger partial charge in [-0.3, -0.25) is 14.9 Å². The van der Waals surface area contributed by atoms with Crippen molar-refractivity contribution in [2.75, 3.05) is 7.11 Å². The summed E-state index contributed by atoms with van der Waals surface area (Å²) in [6.45, 7) is 0. The van der Waals surface area contributed by atoms with Crippen LogP contribution < -0.4 is 10.1 Å². The number of benzene rings is 2. The Kier molecular flexibility index (Phi) is 5.24. The Morgan fingerprint density at radius 2 is 2.00 bits per heavy atom. The van der Waals surface area contributed by atoms with E-state index in [9.17, 15) is 14.9 Å². The number of rotatable bonds is 4. The van der Waals surface area contributed by atoms with Gasteiger partial charge >= 0.3 is 0 Å². The van der Waals surface area contributed by atoms with Gasteiger partial charge in [0.05, 0.1) is 22.6 Å². The zero-order valence-corrected chi connectivity index (χ0v) is 15.0. The lowest BCUT2D eigenvalue weighted by Crippen LogP contribution is -2.19. The van der Waals surface area contributed by atoms with E-state index in [0.29, 0.717) is 32.1 Å². The second-order valence-electron chi connectivity index (χ2n) is 5.14. The Morgan fingerprint density at radius 1 is 1.27 bits per heavy atom. The molecule has 1 fully saturated rings. The maximum absolute atomic E-state index is 12.1. The fourth-order valence-electron chi connectivity index (χ4n) is 2.15. The summed E-state index contributed by atoms with van der Waals surface area (Å²) >= 11 is 7.20. The molecule has 26 heavy (non-hydrogen) atoms. The van der Waals surface area contributed by atoms with Crippen LogP contribution in [0.1, 0.15) is 5.56 Å². The molecule has 1 aliphatic rings. The number of nitrogens with one attached hydrogen (secondary N) is 1. The third-order valence-electron chi connectivity index (χ3n) is 3.43. The van der Waals surface area contributed by atoms with Crippen LogP contribution in [0, 0.1) is 10.1 Å². The van der Waals surface area contributed by atoms with Gasteiger partial charge < -0.3 is 10.1 Å². The SMILES string of the molecule is COc1ccc(N=C2NC(=O)/C(=C\c3cc([N+](=O)[O-])ccc3Cl)S2)cc1. The number of hydrogen-bond acceptors (Lipinski definition) is 6. The van der Waals surface area contributed by atoms with E-state index in [1.165, 1.54) is 24.3 Å². The van der Waals surface area contributed by atoms with E-state index in [4.69, 9.17) is 16.3 Å². The molecule has 0 atom stereocenters. The van der Waals surface area contributed by atoms with Gasteiger partial charge in [0.1, 0.15) is 5.75 Å². The van der Waals surface area contributed by atoms with Gasteiger partial charge in [-0.1, -0.05) is 11.6 Å². The predicted octanol–water partition coefficient (Wildman–Crippen LogP) is 4.15. The van der Waals surface area contributed by atoms with Gasteiger partial charge in [-0.05, 0) is 48.2 Å². The number of non-ortho nitro benzene ring substituents is 1. The fourth-order valence-corrected chi connectivity index (χ4v) is 3.16. The van der Waals surface area contributed by atoms with Crippen molar-refractivity contribution in [2.24, 2.45) is 4.99 Å². The molecule has 132 valence electrons. The molecule has 3 rings (SSSR count). The Hall–Kier alpha value is -2.84. The average molecular weight is 390 g/mol. The molecule has 1 heterocycles. The lowest BCUT2D eigenvalue weighted by molar-refractivity contribution is -0.384. The summed E-state index contributed by atoms with van der Waals surface area (Å²) in [5, 5.41) is 14.3. The molecule has 9 heteroatoms. The largest absolute Gasteiger partial charge is 0.497 e. The van der Waals surface area contributed by atoms with Crippen LogP contribution in [-0.2, 0) is 4.79 Å². The molecule has 2 aromatic carbocycles. The lowest BCUT2D eigenvalue weighted by Gasteiger charge is -2.00. The van der Waals surface area contributed by atoms with E-state index in [2.05, 4.69) is 10.3 Å². The van der Waals surface area contributed by atoms with Crippen molar-refractivity contribution in [3.8, 4) is 5.75 Å². The maximum Gasteiger partial charge on any atom is 0.270 e. The van der Waals surface area contributed by atoms with Gasteiger partial charge in [0.2, 0.25) is 0 Å². The minimum Gasteiger partial charge on any atom is -0.497 e. The number of halogens is 1. The summed E-state index contributed by atoms with van der Waals surface area (Å²) in [6, 6.07) is 11.1. The topological polar surface area (TPSA) is 93.8 Å². The van der Waals surface area contributed by atoms with Crippen molar-refractivity contribution in [2.45, 2.75) is 0 Å². The third kappa shape index (κ3) is 4.04. The number of carbonyl (C=O) groups is 1. The number of hydrogen-bond donors (Lipinski definition) is 1. The minimum absolute atomic E-state index is 0.100. The number of amidine groups is 1. The molecular weight excluding hydrogens is 378 g/mol. The average Bonchev–Trinajstić information content (AvgIpc) is 2.96. The normalized spacial score (nSPS) is 16.8. The minimum atomic E-state index is -0.517. The second kappa shape index (κ2) is 7.59. The van der Waals surface area contributed by atoms with Crippen LogP contribution in [0.4, 0.5) is 11.4 Å². The van der Waals surface area contributed by atoms with Crippen molar-refractivity contribution in [1.82, 2.24) is 5.32 Å². The molecule has 1 N–H and O–H groups in total. The summed E-state index contributed by atoms with van der Waals surface area (Å²) < 4.78 is 5.08. The van der Waals surface area contributed by atoms with E-state index in [0.717, 1.165) is 11.8 Å². The highest BCUT2D eigenvalue weighted by molar-refractivity contribution is 8.18. The van der Waals surface area contributed by atoms with E-state index in [1.807, 2.05) is 0 Å². The fraction of sp³-hybridized carbons (Fsp3) is 0.0588. The summed E-state index contributed by atoms with van der Waals surface area (Å²) in [6.07, 6.45) is 1.51. The Balaban J connectivity index is 1.85. The molecule has 0 spiro atoms. The first kappa shape index (κ1) is 18.0. The molecule has 2 aromatic rings. The van der Waals surface area contributed by atoms with Crippen molar-refractivity contribution >= 4 is 51.9 Å². The van der Waals surface area contributed by atoms with Crippen LogP contribution in [0.25, 0.3) is 6.08 Å². The van der Waals surface area contributed by atoms with Gasteiger partial charge in [0.15, 0.2) is 5.17 Å². The summed E-state index contributed by atoms with van der Waals surface area (Å²) in [4.78, 5) is 27.2. The quantitative estimate of drug-likeness (QED) is 0.481. The summed E-state index contributed by atoms with van der Waals surface area (Å²) in [7, 11) is 1.57. The predicted molar refractivity (Wildman–Crippen MR) is 102 cm³/mol. The summed E-state index contributed by atoms with van der Waals surface area (Å²) in [5.41, 5.74) is 0.948. The monoisotopic (exact) mass is 389 g/mol. The first-order chi connectivity index (χ1) is 12.5. The Bertz CT molecular complexity index is 942. The summed E-state index contributed by atoms with van der Waals surface area (Å²) in [5.74, 6) is 0.364. The highest BCUT2D eigenvalue weighted by Crippen LogP contribution is 2.31. The number of amides is 1. The van der Waals surface area contributed by atoms with Crippen molar-refractivity contribution in [1.29, 1.82) is 0 Å². The molecule has 0 saturated carbocycles. The Morgan fingerprint density at radius 3 is 2.65 bits per heavy atom. The molecule has 1 aliphatic heterocycles. The Labute approximate surface area is 157 Å². The molecule has 7 nitrogen and oxygen atoms in total. The number of aliphatic imine (C=N–C) groups is 1. The first-order valence-electron chi connectivity index (χ1n) is 7.34. The molecule has 0 unspecified atom stereocenters. The third-order valence-corrected chi connectivity index (χ3v) is 4.69. The number of ether oxygens (including phenoxy) is 1. The maximum atomic E-state index is 12.1. The van der Waals surface area contributed by atoms with Crippen LogP contribution in [0.5, 0.6) is 5.75 Å². The van der Waals surface area contributed by atoms with Gasteiger partial charge in [-0.25, -0.2) is 4.99 Å². The standard InChI is InChI=1S/C17H12ClN3O4S/c1-25-13-5-2-11(3-6-13)19-17-20-16(22)15(26-17)9-10-8-12(21(23)24)4-7-14(10)18/h2-9H,1H3,(H,19,20,22)/b15-9+. The van der Waals surface area contributed by atoms with Crippen LogP contribution >= 0.6 is 23.4 Å². The van der Waals surface area contributed by atoms with Gasteiger partial charge in [-0.15, -0.1) is 0 Å². The number of nitro benzene ring substituents is 1. The number of nitrogens with zero attached hydrogens (tertiary/aromatic N) is 2. The second-order valence-corrected chi connectivity index (χ2v) is 6.58. The molecule has 0 aliphatic carbocycles. The van der Waals surface area contributed by atoms with E-state index in [1.54, 1.807) is 31.4 Å². The van der Waals surface area contributed by atoms with Gasteiger partial charge in [0.25, 0.3) is 11.6 Å². The highest BCUT2D eigenvalue weighted by Gasteiger charge is 2.24. The van der Waals surface area contributed by atoms with E-state index < -0.39 is 4.92 Å². The first-order valence-corrected chi connectivity index (χ1v) is 8.53. The van der Waals surface area contributed by atoms with Crippen molar-refractivity contribution < 1.29 is 14.5 Å². The number of thioether (sulfide) groups is 1. The van der Waals surface area contributed by atoms with Gasteiger partial charge in [-0.2, -0.15) is 0 Å². The molecule has 1 amide bonds. The number of nitro groups is 1. The number of carbonyl (C=O) groups excluding carboxylic acids is 1. The van der Waals surface area contributed by atoms with Crippen LogP contribution in [0.2, 0.25) is 5.02 Å². The molecule has 1 saturated heterocycles.